The summed E-state index contributed by atoms with van der Waals surface area (Å²) in [5.41, 5.74) is -3.13. The molecule has 1 N–H and O–H groups in total. The minimum absolute atomic E-state index is 0.252. The summed E-state index contributed by atoms with van der Waals surface area (Å²) in [4.78, 5) is 11.6. The summed E-state index contributed by atoms with van der Waals surface area (Å²) in [7, 11) is 0. The van der Waals surface area contributed by atoms with Crippen LogP contribution in [-0.4, -0.2) is 29.0 Å². The van der Waals surface area contributed by atoms with E-state index in [4.69, 9.17) is 9.47 Å². The van der Waals surface area contributed by atoms with Crippen molar-refractivity contribution in [3.8, 4) is 5.75 Å². The number of carbonyl (C=O) groups is 1. The quantitative estimate of drug-likeness (QED) is 0.391. The van der Waals surface area contributed by atoms with Gasteiger partial charge in [0.1, 0.15) is 5.75 Å². The summed E-state index contributed by atoms with van der Waals surface area (Å²) in [6, 6.07) is 6.38. The van der Waals surface area contributed by atoms with Crippen molar-refractivity contribution in [2.45, 2.75) is 70.9 Å². The molecule has 1 aromatic carbocycles. The summed E-state index contributed by atoms with van der Waals surface area (Å²) in [6.45, 7) is 10.5. The van der Waals surface area contributed by atoms with E-state index in [1.54, 1.807) is 38.1 Å². The molecule has 7 heteroatoms. The van der Waals surface area contributed by atoms with Gasteiger partial charge in [-0.15, -0.1) is 0 Å². The molecule has 2 atom stereocenters. The number of esters is 1. The Morgan fingerprint density at radius 1 is 1.19 bits per heavy atom. The van der Waals surface area contributed by atoms with Crippen molar-refractivity contribution < 1.29 is 32.5 Å². The molecule has 0 heterocycles. The van der Waals surface area contributed by atoms with Crippen LogP contribution in [0, 0.1) is 0 Å². The van der Waals surface area contributed by atoms with Crippen molar-refractivity contribution in [2.24, 2.45) is 0 Å². The van der Waals surface area contributed by atoms with E-state index >= 15 is 0 Å². The molecule has 0 saturated carbocycles. The van der Waals surface area contributed by atoms with Gasteiger partial charge in [0.25, 0.3) is 0 Å². The first-order valence-electron chi connectivity index (χ1n) is 8.76. The first-order chi connectivity index (χ1) is 12.3. The van der Waals surface area contributed by atoms with E-state index in [1.165, 1.54) is 13.8 Å². The topological polar surface area (TPSA) is 55.8 Å². The Morgan fingerprint density at radius 2 is 1.67 bits per heavy atom. The number of ether oxygens (including phenoxy) is 2. The highest BCUT2D eigenvalue weighted by atomic mass is 19.4. The molecule has 0 fully saturated rings. The third-order valence-corrected chi connectivity index (χ3v) is 4.85. The van der Waals surface area contributed by atoms with Gasteiger partial charge in [0.05, 0.1) is 11.7 Å². The highest BCUT2D eigenvalue weighted by molar-refractivity contribution is 5.88. The van der Waals surface area contributed by atoms with Gasteiger partial charge in [-0.25, -0.2) is 4.79 Å². The summed E-state index contributed by atoms with van der Waals surface area (Å²) in [5, 5.41) is 9.90. The minimum Gasteiger partial charge on any atom is -0.423 e. The fourth-order valence-electron chi connectivity index (χ4n) is 2.60. The van der Waals surface area contributed by atoms with Crippen LogP contribution < -0.4 is 4.74 Å². The predicted molar refractivity (Wildman–Crippen MR) is 96.4 cm³/mol. The van der Waals surface area contributed by atoms with Gasteiger partial charge in [0.15, 0.2) is 5.60 Å². The maximum absolute atomic E-state index is 13.1. The van der Waals surface area contributed by atoms with Crippen LogP contribution in [0.1, 0.15) is 53.0 Å². The molecule has 152 valence electrons. The highest BCUT2D eigenvalue weighted by Gasteiger charge is 2.55. The van der Waals surface area contributed by atoms with E-state index in [0.717, 1.165) is 0 Å². The monoisotopic (exact) mass is 388 g/mol. The maximum atomic E-state index is 13.1. The molecule has 0 aliphatic carbocycles. The minimum atomic E-state index is -4.82. The lowest BCUT2D eigenvalue weighted by Crippen LogP contribution is -2.54. The summed E-state index contributed by atoms with van der Waals surface area (Å²) in [6.07, 6.45) is -5.52. The van der Waals surface area contributed by atoms with Gasteiger partial charge in [0, 0.05) is 5.57 Å². The number of halogens is 3. The van der Waals surface area contributed by atoms with Crippen LogP contribution in [0.25, 0.3) is 0 Å². The summed E-state index contributed by atoms with van der Waals surface area (Å²) >= 11 is 0. The van der Waals surface area contributed by atoms with E-state index in [9.17, 15) is 23.1 Å². The van der Waals surface area contributed by atoms with E-state index in [1.807, 2.05) is 0 Å². The Labute approximate surface area is 158 Å². The molecule has 1 aromatic rings. The van der Waals surface area contributed by atoms with Crippen molar-refractivity contribution in [1.29, 1.82) is 0 Å². The third-order valence-electron chi connectivity index (χ3n) is 4.85. The highest BCUT2D eigenvalue weighted by Crippen LogP contribution is 2.41. The van der Waals surface area contributed by atoms with Gasteiger partial charge in [-0.2, -0.15) is 13.2 Å². The number of alkyl halides is 3. The van der Waals surface area contributed by atoms with Crippen molar-refractivity contribution in [2.75, 3.05) is 0 Å². The van der Waals surface area contributed by atoms with Crippen LogP contribution in [0.2, 0.25) is 0 Å². The molecular formula is C20H27F3O4. The van der Waals surface area contributed by atoms with Crippen LogP contribution in [0.4, 0.5) is 13.2 Å². The number of benzene rings is 1. The van der Waals surface area contributed by atoms with Crippen molar-refractivity contribution in [3.63, 3.8) is 0 Å². The second kappa shape index (κ2) is 8.44. The van der Waals surface area contributed by atoms with Gasteiger partial charge < -0.3 is 14.6 Å². The molecule has 0 spiro atoms. The van der Waals surface area contributed by atoms with E-state index in [2.05, 4.69) is 6.58 Å². The molecule has 4 nitrogen and oxygen atoms in total. The first-order valence-corrected chi connectivity index (χ1v) is 8.76. The Balaban J connectivity index is 3.13. The SMILES string of the molecule is C=C(C)C(=O)Oc1ccc(C(CC)(CC)OC(C)C(C)(O)C(F)(F)F)cc1. The smallest absolute Gasteiger partial charge is 0.419 e. The second-order valence-electron chi connectivity index (χ2n) is 6.80. The fourth-order valence-corrected chi connectivity index (χ4v) is 2.60. The van der Waals surface area contributed by atoms with E-state index in [-0.39, 0.29) is 5.57 Å². The van der Waals surface area contributed by atoms with Crippen LogP contribution in [0.15, 0.2) is 36.4 Å². The molecule has 1 rings (SSSR count). The normalized spacial score (nSPS) is 15.7. The van der Waals surface area contributed by atoms with Crippen molar-refractivity contribution >= 4 is 5.97 Å². The average Bonchev–Trinajstić information content (AvgIpc) is 2.59. The first kappa shape index (κ1) is 23.2. The molecule has 27 heavy (non-hydrogen) atoms. The number of carbonyl (C=O) groups excluding carboxylic acids is 1. The van der Waals surface area contributed by atoms with Crippen molar-refractivity contribution in [1.82, 2.24) is 0 Å². The summed E-state index contributed by atoms with van der Waals surface area (Å²) < 4.78 is 50.3. The van der Waals surface area contributed by atoms with Gasteiger partial charge in [-0.3, -0.25) is 0 Å². The van der Waals surface area contributed by atoms with E-state index in [0.29, 0.717) is 31.1 Å². The molecule has 0 bridgehead atoms. The average molecular weight is 388 g/mol. The van der Waals surface area contributed by atoms with Gasteiger partial charge in [-0.05, 0) is 51.3 Å². The lowest BCUT2D eigenvalue weighted by atomic mass is 9.87. The molecular weight excluding hydrogens is 361 g/mol. The Hall–Kier alpha value is -1.86. The lowest BCUT2D eigenvalue weighted by molar-refractivity contribution is -0.301. The van der Waals surface area contributed by atoms with Crippen LogP contribution in [0.5, 0.6) is 5.75 Å². The predicted octanol–water partition coefficient (Wildman–Crippen LogP) is 4.90. The van der Waals surface area contributed by atoms with E-state index < -0.39 is 29.5 Å². The lowest BCUT2D eigenvalue weighted by Gasteiger charge is -2.41. The largest absolute Gasteiger partial charge is 0.423 e. The number of hydrogen-bond acceptors (Lipinski definition) is 4. The van der Waals surface area contributed by atoms with Gasteiger partial charge in [0.2, 0.25) is 0 Å². The zero-order valence-corrected chi connectivity index (χ0v) is 16.3. The standard InChI is InChI=1S/C20H27F3O4/c1-7-19(8-2,27-14(5)18(6,25)20(21,22)23)15-9-11-16(12-10-15)26-17(24)13(3)4/h9-12,14,25H,3,7-8H2,1-2,4-6H3. The van der Waals surface area contributed by atoms with Crippen LogP contribution in [-0.2, 0) is 15.1 Å². The molecule has 0 amide bonds. The number of hydrogen-bond donors (Lipinski definition) is 1. The molecule has 0 aliphatic rings. The Bertz CT molecular complexity index is 659. The van der Waals surface area contributed by atoms with Crippen LogP contribution in [0.3, 0.4) is 0 Å². The van der Waals surface area contributed by atoms with Gasteiger partial charge in [-0.1, -0.05) is 32.6 Å². The third kappa shape index (κ3) is 5.11. The zero-order valence-electron chi connectivity index (χ0n) is 16.3. The molecule has 2 unspecified atom stereocenters. The van der Waals surface area contributed by atoms with Crippen molar-refractivity contribution in [3.05, 3.63) is 42.0 Å². The number of rotatable bonds is 8. The maximum Gasteiger partial charge on any atom is 0.419 e. The molecule has 0 saturated heterocycles. The molecule has 0 radical (unpaired) electrons. The fraction of sp³-hybridized carbons (Fsp3) is 0.550. The zero-order chi connectivity index (χ0) is 21.0. The summed E-state index contributed by atoms with van der Waals surface area (Å²) in [5.74, 6) is -0.269. The molecule has 0 aliphatic heterocycles. The van der Waals surface area contributed by atoms with Gasteiger partial charge >= 0.3 is 12.1 Å². The second-order valence-corrected chi connectivity index (χ2v) is 6.80. The number of aliphatic hydroxyl groups is 1. The molecule has 0 aromatic heterocycles. The Kier molecular flexibility index (Phi) is 7.24. The Morgan fingerprint density at radius 3 is 2.04 bits per heavy atom. The van der Waals surface area contributed by atoms with Crippen LogP contribution >= 0.6 is 0 Å².